The van der Waals surface area contributed by atoms with E-state index < -0.39 is 0 Å². The van der Waals surface area contributed by atoms with E-state index in [2.05, 4.69) is 10.3 Å². The summed E-state index contributed by atoms with van der Waals surface area (Å²) in [6, 6.07) is 27.3. The second-order valence-corrected chi connectivity index (χ2v) is 6.47. The van der Waals surface area contributed by atoms with Gasteiger partial charge in [-0.1, -0.05) is 60.7 Å². The van der Waals surface area contributed by atoms with Gasteiger partial charge in [0.15, 0.2) is 0 Å². The van der Waals surface area contributed by atoms with Gasteiger partial charge in [-0.05, 0) is 29.8 Å². The Kier molecular flexibility index (Phi) is 5.33. The molecule has 0 aliphatic carbocycles. The lowest BCUT2D eigenvalue weighted by molar-refractivity contribution is -0.121. The van der Waals surface area contributed by atoms with Crippen LogP contribution >= 0.6 is 0 Å². The van der Waals surface area contributed by atoms with E-state index in [1.54, 1.807) is 0 Å². The molecule has 5 nitrogen and oxygen atoms in total. The van der Waals surface area contributed by atoms with Crippen molar-refractivity contribution in [3.63, 3.8) is 0 Å². The quantitative estimate of drug-likeness (QED) is 0.535. The van der Waals surface area contributed by atoms with E-state index in [0.717, 1.165) is 28.2 Å². The van der Waals surface area contributed by atoms with Crippen LogP contribution in [-0.4, -0.2) is 15.5 Å². The molecular formula is C23H21N3O2. The van der Waals surface area contributed by atoms with Gasteiger partial charge in [0, 0.05) is 6.54 Å². The number of hydrogen-bond acceptors (Lipinski definition) is 3. The molecule has 4 aromatic rings. The van der Waals surface area contributed by atoms with Gasteiger partial charge in [0.2, 0.25) is 5.91 Å². The van der Waals surface area contributed by atoms with Crippen molar-refractivity contribution in [2.45, 2.75) is 19.7 Å². The summed E-state index contributed by atoms with van der Waals surface area (Å²) in [5.74, 6) is 1.43. The maximum Gasteiger partial charge on any atom is 0.240 e. The summed E-state index contributed by atoms with van der Waals surface area (Å²) in [6.45, 7) is 0.994. The predicted molar refractivity (Wildman–Crippen MR) is 109 cm³/mol. The summed E-state index contributed by atoms with van der Waals surface area (Å²) < 4.78 is 7.77. The number of ether oxygens (including phenoxy) is 1. The molecule has 0 bridgehead atoms. The van der Waals surface area contributed by atoms with Crippen LogP contribution in [0.2, 0.25) is 0 Å². The minimum Gasteiger partial charge on any atom is -0.486 e. The van der Waals surface area contributed by atoms with Crippen LogP contribution in [0.25, 0.3) is 11.0 Å². The van der Waals surface area contributed by atoms with E-state index in [1.165, 1.54) is 0 Å². The van der Waals surface area contributed by atoms with Crippen LogP contribution in [0.4, 0.5) is 0 Å². The number of fused-ring (bicyclic) bond motifs is 1. The van der Waals surface area contributed by atoms with E-state index in [-0.39, 0.29) is 12.5 Å². The average molecular weight is 371 g/mol. The number of carbonyl (C=O) groups excluding carboxylic acids is 1. The smallest absolute Gasteiger partial charge is 0.240 e. The lowest BCUT2D eigenvalue weighted by Crippen LogP contribution is -2.28. The third-order valence-corrected chi connectivity index (χ3v) is 4.48. The molecule has 0 aliphatic heterocycles. The van der Waals surface area contributed by atoms with Gasteiger partial charge < -0.3 is 14.6 Å². The van der Waals surface area contributed by atoms with Crippen LogP contribution in [0, 0.1) is 0 Å². The molecule has 0 spiro atoms. The lowest BCUT2D eigenvalue weighted by atomic mass is 10.2. The average Bonchev–Trinajstić information content (AvgIpc) is 3.10. The highest BCUT2D eigenvalue weighted by molar-refractivity contribution is 5.81. The molecule has 140 valence electrons. The molecule has 5 heteroatoms. The zero-order chi connectivity index (χ0) is 19.2. The molecule has 1 amide bonds. The first kappa shape index (κ1) is 17.8. The molecule has 4 rings (SSSR count). The first-order valence-electron chi connectivity index (χ1n) is 9.22. The molecule has 0 fully saturated rings. The summed E-state index contributed by atoms with van der Waals surface area (Å²) in [5, 5.41) is 2.97. The summed E-state index contributed by atoms with van der Waals surface area (Å²) in [4.78, 5) is 17.2. The van der Waals surface area contributed by atoms with Crippen molar-refractivity contribution >= 4 is 16.9 Å². The van der Waals surface area contributed by atoms with E-state index in [9.17, 15) is 4.79 Å². The van der Waals surface area contributed by atoms with Crippen molar-refractivity contribution in [3.8, 4) is 5.75 Å². The topological polar surface area (TPSA) is 56.2 Å². The third kappa shape index (κ3) is 4.20. The molecule has 1 aromatic heterocycles. The van der Waals surface area contributed by atoms with Gasteiger partial charge in [0.05, 0.1) is 11.0 Å². The Morgan fingerprint density at radius 3 is 2.36 bits per heavy atom. The van der Waals surface area contributed by atoms with E-state index >= 15 is 0 Å². The minimum atomic E-state index is -0.0621. The number of para-hydroxylation sites is 3. The van der Waals surface area contributed by atoms with Crippen molar-refractivity contribution in [3.05, 3.63) is 96.3 Å². The zero-order valence-corrected chi connectivity index (χ0v) is 15.4. The first-order chi connectivity index (χ1) is 13.8. The third-order valence-electron chi connectivity index (χ3n) is 4.48. The van der Waals surface area contributed by atoms with Crippen molar-refractivity contribution in [2.75, 3.05) is 0 Å². The van der Waals surface area contributed by atoms with Crippen LogP contribution in [0.15, 0.2) is 84.9 Å². The van der Waals surface area contributed by atoms with Crippen LogP contribution in [0.3, 0.4) is 0 Å². The number of imidazole rings is 1. The highest BCUT2D eigenvalue weighted by Gasteiger charge is 2.14. The molecule has 0 radical (unpaired) electrons. The fourth-order valence-corrected chi connectivity index (χ4v) is 3.07. The lowest BCUT2D eigenvalue weighted by Gasteiger charge is -2.11. The zero-order valence-electron chi connectivity index (χ0n) is 15.4. The molecule has 0 saturated carbocycles. The Hall–Kier alpha value is -3.60. The summed E-state index contributed by atoms with van der Waals surface area (Å²) in [5.41, 5.74) is 2.84. The van der Waals surface area contributed by atoms with Crippen molar-refractivity contribution in [2.24, 2.45) is 0 Å². The van der Waals surface area contributed by atoms with Gasteiger partial charge in [-0.2, -0.15) is 0 Å². The Labute approximate surface area is 163 Å². The molecule has 0 unspecified atom stereocenters. The number of rotatable bonds is 7. The second-order valence-electron chi connectivity index (χ2n) is 6.47. The second kappa shape index (κ2) is 8.39. The van der Waals surface area contributed by atoms with Crippen LogP contribution < -0.4 is 10.1 Å². The normalized spacial score (nSPS) is 10.7. The first-order valence-corrected chi connectivity index (χ1v) is 9.22. The van der Waals surface area contributed by atoms with Crippen molar-refractivity contribution in [1.82, 2.24) is 14.9 Å². The molecule has 1 N–H and O–H groups in total. The number of nitrogens with zero attached hydrogens (tertiary/aromatic N) is 2. The molecule has 0 saturated heterocycles. The van der Waals surface area contributed by atoms with Crippen LogP contribution in [0.5, 0.6) is 5.75 Å². The number of nitrogens with one attached hydrogen (secondary N) is 1. The SMILES string of the molecule is O=C(Cn1c(COc2ccccc2)nc2ccccc21)NCc1ccccc1. The fraction of sp³-hybridized carbons (Fsp3) is 0.130. The molecule has 0 atom stereocenters. The summed E-state index contributed by atoms with van der Waals surface area (Å²) >= 11 is 0. The Morgan fingerprint density at radius 2 is 1.57 bits per heavy atom. The van der Waals surface area contributed by atoms with Crippen LogP contribution in [-0.2, 0) is 24.5 Å². The largest absolute Gasteiger partial charge is 0.486 e. The summed E-state index contributed by atoms with van der Waals surface area (Å²) in [6.07, 6.45) is 0. The number of benzene rings is 3. The van der Waals surface area contributed by atoms with Crippen molar-refractivity contribution in [1.29, 1.82) is 0 Å². The maximum absolute atomic E-state index is 12.6. The van der Waals surface area contributed by atoms with E-state index in [0.29, 0.717) is 13.2 Å². The number of carbonyl (C=O) groups is 1. The van der Waals surface area contributed by atoms with Crippen molar-refractivity contribution < 1.29 is 9.53 Å². The van der Waals surface area contributed by atoms with Crippen LogP contribution in [0.1, 0.15) is 11.4 Å². The number of hydrogen-bond donors (Lipinski definition) is 1. The predicted octanol–water partition coefficient (Wildman–Crippen LogP) is 3.93. The van der Waals surface area contributed by atoms with E-state index in [4.69, 9.17) is 4.74 Å². The molecule has 0 aliphatic rings. The van der Waals surface area contributed by atoms with Gasteiger partial charge >= 0.3 is 0 Å². The highest BCUT2D eigenvalue weighted by Crippen LogP contribution is 2.18. The van der Waals surface area contributed by atoms with Gasteiger partial charge in [0.1, 0.15) is 24.7 Å². The Balaban J connectivity index is 1.50. The van der Waals surface area contributed by atoms with Gasteiger partial charge in [-0.3, -0.25) is 4.79 Å². The number of amides is 1. The number of aromatic nitrogens is 2. The summed E-state index contributed by atoms with van der Waals surface area (Å²) in [7, 11) is 0. The Bertz CT molecular complexity index is 1060. The molecule has 28 heavy (non-hydrogen) atoms. The minimum absolute atomic E-state index is 0.0621. The van der Waals surface area contributed by atoms with E-state index in [1.807, 2.05) is 89.5 Å². The van der Waals surface area contributed by atoms with Gasteiger partial charge in [0.25, 0.3) is 0 Å². The van der Waals surface area contributed by atoms with Gasteiger partial charge in [-0.15, -0.1) is 0 Å². The molecular weight excluding hydrogens is 350 g/mol. The maximum atomic E-state index is 12.6. The Morgan fingerprint density at radius 1 is 0.893 bits per heavy atom. The molecule has 1 heterocycles. The fourth-order valence-electron chi connectivity index (χ4n) is 3.07. The standard InChI is InChI=1S/C23H21N3O2/c27-23(24-15-18-9-3-1-4-10-18)16-26-21-14-8-7-13-20(21)25-22(26)17-28-19-11-5-2-6-12-19/h1-14H,15-17H2,(H,24,27). The van der Waals surface area contributed by atoms with Gasteiger partial charge in [-0.25, -0.2) is 4.98 Å². The molecule has 3 aromatic carbocycles. The highest BCUT2D eigenvalue weighted by atomic mass is 16.5. The monoisotopic (exact) mass is 371 g/mol.